The summed E-state index contributed by atoms with van der Waals surface area (Å²) >= 11 is 0. The van der Waals surface area contributed by atoms with Crippen molar-refractivity contribution >= 4 is 11.6 Å². The van der Waals surface area contributed by atoms with Crippen molar-refractivity contribution in [1.82, 2.24) is 4.90 Å². The van der Waals surface area contributed by atoms with Crippen LogP contribution >= 0.6 is 0 Å². The topological polar surface area (TPSA) is 32.3 Å². The first-order valence-electron chi connectivity index (χ1n) is 6.56. The molecule has 1 aromatic carbocycles. The number of nitrogens with zero attached hydrogens (tertiary/aromatic N) is 1. The minimum absolute atomic E-state index is 0.174. The molecule has 112 valence electrons. The van der Waals surface area contributed by atoms with Gasteiger partial charge in [0.2, 0.25) is 5.91 Å². The quantitative estimate of drug-likeness (QED) is 0.870. The standard InChI is InChI=1S/C14H19F3N2O/c1-3-19(4-2)10-9-13(20)18-12-8-6-5-7-11(12)14(15,16)17/h5-8H,3-4,9-10H2,1-2H3,(H,18,20). The predicted molar refractivity (Wildman–Crippen MR) is 72.5 cm³/mol. The van der Waals surface area contributed by atoms with E-state index in [0.29, 0.717) is 6.54 Å². The Bertz CT molecular complexity index is 442. The van der Waals surface area contributed by atoms with Crippen molar-refractivity contribution < 1.29 is 18.0 Å². The summed E-state index contributed by atoms with van der Waals surface area (Å²) in [6.45, 7) is 6.10. The van der Waals surface area contributed by atoms with E-state index in [1.54, 1.807) is 0 Å². The van der Waals surface area contributed by atoms with Crippen molar-refractivity contribution in [2.45, 2.75) is 26.4 Å². The Balaban J connectivity index is 2.67. The molecule has 0 aliphatic rings. The van der Waals surface area contributed by atoms with Crippen LogP contribution in [0.15, 0.2) is 24.3 Å². The molecule has 0 unspecified atom stereocenters. The van der Waals surface area contributed by atoms with Crippen LogP contribution in [0.3, 0.4) is 0 Å². The zero-order valence-electron chi connectivity index (χ0n) is 11.6. The Kier molecular flexibility index (Phi) is 6.01. The maximum Gasteiger partial charge on any atom is 0.418 e. The fourth-order valence-corrected chi connectivity index (χ4v) is 1.85. The first-order valence-corrected chi connectivity index (χ1v) is 6.56. The Morgan fingerprint density at radius 3 is 2.35 bits per heavy atom. The highest BCUT2D eigenvalue weighted by molar-refractivity contribution is 5.91. The van der Waals surface area contributed by atoms with Gasteiger partial charge in [-0.15, -0.1) is 0 Å². The number of halogens is 3. The van der Waals surface area contributed by atoms with Crippen molar-refractivity contribution in [2.75, 3.05) is 25.0 Å². The van der Waals surface area contributed by atoms with E-state index in [1.165, 1.54) is 18.2 Å². The average molecular weight is 288 g/mol. The second-order valence-electron chi connectivity index (χ2n) is 4.37. The van der Waals surface area contributed by atoms with E-state index in [0.717, 1.165) is 19.2 Å². The molecule has 0 aliphatic carbocycles. The lowest BCUT2D eigenvalue weighted by Gasteiger charge is -2.18. The van der Waals surface area contributed by atoms with Crippen LogP contribution < -0.4 is 5.32 Å². The van der Waals surface area contributed by atoms with Gasteiger partial charge in [-0.25, -0.2) is 0 Å². The molecule has 1 rings (SSSR count). The number of alkyl halides is 3. The van der Waals surface area contributed by atoms with E-state index in [-0.39, 0.29) is 12.1 Å². The lowest BCUT2D eigenvalue weighted by Crippen LogP contribution is -2.27. The second-order valence-corrected chi connectivity index (χ2v) is 4.37. The molecule has 1 aromatic rings. The molecule has 0 fully saturated rings. The van der Waals surface area contributed by atoms with E-state index < -0.39 is 17.6 Å². The number of carbonyl (C=O) groups excluding carboxylic acids is 1. The van der Waals surface area contributed by atoms with Crippen LogP contribution in [0.4, 0.5) is 18.9 Å². The smallest absolute Gasteiger partial charge is 0.325 e. The summed E-state index contributed by atoms with van der Waals surface area (Å²) in [6, 6.07) is 4.99. The summed E-state index contributed by atoms with van der Waals surface area (Å²) in [5.74, 6) is -0.409. The van der Waals surface area contributed by atoms with Gasteiger partial charge in [0.15, 0.2) is 0 Å². The molecule has 0 spiro atoms. The number of nitrogens with one attached hydrogen (secondary N) is 1. The number of amides is 1. The summed E-state index contributed by atoms with van der Waals surface area (Å²) < 4.78 is 38.3. The van der Waals surface area contributed by atoms with Gasteiger partial charge in [0.1, 0.15) is 0 Å². The molecular weight excluding hydrogens is 269 g/mol. The zero-order chi connectivity index (χ0) is 15.2. The first-order chi connectivity index (χ1) is 9.38. The van der Waals surface area contributed by atoms with Crippen molar-refractivity contribution in [3.8, 4) is 0 Å². The third kappa shape index (κ3) is 4.85. The number of carbonyl (C=O) groups is 1. The highest BCUT2D eigenvalue weighted by atomic mass is 19.4. The molecular formula is C14H19F3N2O. The molecule has 3 nitrogen and oxygen atoms in total. The van der Waals surface area contributed by atoms with Crippen LogP contribution in [0.1, 0.15) is 25.8 Å². The van der Waals surface area contributed by atoms with Crippen molar-refractivity contribution in [2.24, 2.45) is 0 Å². The molecule has 0 aliphatic heterocycles. The molecule has 0 radical (unpaired) electrons. The monoisotopic (exact) mass is 288 g/mol. The normalized spacial score (nSPS) is 11.7. The highest BCUT2D eigenvalue weighted by Crippen LogP contribution is 2.34. The van der Waals surface area contributed by atoms with Gasteiger partial charge in [0.25, 0.3) is 0 Å². The van der Waals surface area contributed by atoms with Gasteiger partial charge < -0.3 is 10.2 Å². The van der Waals surface area contributed by atoms with E-state index >= 15 is 0 Å². The predicted octanol–water partition coefficient (Wildman–Crippen LogP) is 3.38. The van der Waals surface area contributed by atoms with Crippen LogP contribution in [0, 0.1) is 0 Å². The highest BCUT2D eigenvalue weighted by Gasteiger charge is 2.33. The van der Waals surface area contributed by atoms with E-state index in [4.69, 9.17) is 0 Å². The summed E-state index contributed by atoms with van der Waals surface area (Å²) in [7, 11) is 0. The van der Waals surface area contributed by atoms with Crippen molar-refractivity contribution in [3.05, 3.63) is 29.8 Å². The van der Waals surface area contributed by atoms with Gasteiger partial charge in [-0.05, 0) is 25.2 Å². The third-order valence-corrected chi connectivity index (χ3v) is 3.06. The maximum absolute atomic E-state index is 12.8. The molecule has 0 saturated heterocycles. The number of rotatable bonds is 6. The summed E-state index contributed by atoms with van der Waals surface area (Å²) in [5, 5.41) is 2.34. The van der Waals surface area contributed by atoms with Gasteiger partial charge in [-0.2, -0.15) is 13.2 Å². The summed E-state index contributed by atoms with van der Waals surface area (Å²) in [5.41, 5.74) is -1.01. The van der Waals surface area contributed by atoms with E-state index in [2.05, 4.69) is 5.32 Å². The van der Waals surface area contributed by atoms with Crippen LogP contribution in [0.25, 0.3) is 0 Å². The first kappa shape index (κ1) is 16.5. The molecule has 0 bridgehead atoms. The molecule has 0 aromatic heterocycles. The van der Waals surface area contributed by atoms with Crippen LogP contribution in [-0.2, 0) is 11.0 Å². The van der Waals surface area contributed by atoms with E-state index in [9.17, 15) is 18.0 Å². The van der Waals surface area contributed by atoms with Crippen LogP contribution in [0.2, 0.25) is 0 Å². The summed E-state index contributed by atoms with van der Waals surface area (Å²) in [4.78, 5) is 13.8. The molecule has 0 atom stereocenters. The lowest BCUT2D eigenvalue weighted by molar-refractivity contribution is -0.137. The fraction of sp³-hybridized carbons (Fsp3) is 0.500. The number of benzene rings is 1. The second kappa shape index (κ2) is 7.28. The maximum atomic E-state index is 12.8. The largest absolute Gasteiger partial charge is 0.418 e. The minimum atomic E-state index is -4.47. The average Bonchev–Trinajstić information content (AvgIpc) is 2.39. The summed E-state index contributed by atoms with van der Waals surface area (Å²) in [6.07, 6.45) is -4.30. The number of anilines is 1. The van der Waals surface area contributed by atoms with Gasteiger partial charge >= 0.3 is 6.18 Å². The van der Waals surface area contributed by atoms with Crippen LogP contribution in [0.5, 0.6) is 0 Å². The third-order valence-electron chi connectivity index (χ3n) is 3.06. The van der Waals surface area contributed by atoms with Gasteiger partial charge in [-0.1, -0.05) is 26.0 Å². The zero-order valence-corrected chi connectivity index (χ0v) is 11.6. The molecule has 6 heteroatoms. The Morgan fingerprint density at radius 1 is 1.20 bits per heavy atom. The molecule has 1 amide bonds. The number of hydrogen-bond acceptors (Lipinski definition) is 2. The van der Waals surface area contributed by atoms with Gasteiger partial charge in [0, 0.05) is 13.0 Å². The van der Waals surface area contributed by atoms with Crippen LogP contribution in [-0.4, -0.2) is 30.4 Å². The SMILES string of the molecule is CCN(CC)CCC(=O)Nc1ccccc1C(F)(F)F. The Hall–Kier alpha value is -1.56. The minimum Gasteiger partial charge on any atom is -0.325 e. The fourth-order valence-electron chi connectivity index (χ4n) is 1.85. The van der Waals surface area contributed by atoms with Gasteiger partial charge in [-0.3, -0.25) is 4.79 Å². The van der Waals surface area contributed by atoms with Crippen molar-refractivity contribution in [3.63, 3.8) is 0 Å². The molecule has 1 N–H and O–H groups in total. The Morgan fingerprint density at radius 2 is 1.80 bits per heavy atom. The van der Waals surface area contributed by atoms with E-state index in [1.807, 2.05) is 18.7 Å². The Labute approximate surface area is 116 Å². The van der Waals surface area contributed by atoms with Gasteiger partial charge in [0.05, 0.1) is 11.3 Å². The molecule has 20 heavy (non-hydrogen) atoms. The number of para-hydroxylation sites is 1. The molecule has 0 saturated carbocycles. The number of hydrogen-bond donors (Lipinski definition) is 1. The molecule has 0 heterocycles. The lowest BCUT2D eigenvalue weighted by atomic mass is 10.1. The van der Waals surface area contributed by atoms with Crippen molar-refractivity contribution in [1.29, 1.82) is 0 Å².